The number of Topliss-reactive ketones (excluding diaryl/α,β-unsaturated/α-hetero) is 1. The van der Waals surface area contributed by atoms with Crippen molar-refractivity contribution in [1.82, 2.24) is 4.90 Å². The Bertz CT molecular complexity index is 441. The van der Waals surface area contributed by atoms with Crippen molar-refractivity contribution in [2.45, 2.75) is 85.2 Å². The number of likely N-dealkylation sites (tertiary alicyclic amines) is 1. The molecule has 0 amide bonds. The molecule has 2 aliphatic carbocycles. The molecule has 3 rings (SSSR count). The van der Waals surface area contributed by atoms with Crippen LogP contribution in [0.2, 0.25) is 0 Å². The number of carbonyl (C=O) groups excluding carboxylic acids is 1. The van der Waals surface area contributed by atoms with E-state index < -0.39 is 0 Å². The van der Waals surface area contributed by atoms with Gasteiger partial charge in [0, 0.05) is 18.5 Å². The number of hydrogen-bond acceptors (Lipinski definition) is 2. The van der Waals surface area contributed by atoms with Crippen LogP contribution >= 0.6 is 0 Å². The second kappa shape index (κ2) is 3.88. The van der Waals surface area contributed by atoms with Crippen molar-refractivity contribution < 1.29 is 4.79 Å². The Morgan fingerprint density at radius 2 is 1.80 bits per heavy atom. The van der Waals surface area contributed by atoms with E-state index in [2.05, 4.69) is 39.5 Å². The van der Waals surface area contributed by atoms with Crippen LogP contribution in [0.3, 0.4) is 0 Å². The van der Waals surface area contributed by atoms with Crippen molar-refractivity contribution >= 4 is 5.78 Å². The van der Waals surface area contributed by atoms with Crippen LogP contribution in [0.5, 0.6) is 0 Å². The van der Waals surface area contributed by atoms with Crippen LogP contribution in [0.1, 0.15) is 73.6 Å². The molecule has 114 valence electrons. The van der Waals surface area contributed by atoms with Crippen molar-refractivity contribution in [3.05, 3.63) is 0 Å². The van der Waals surface area contributed by atoms with Crippen LogP contribution in [-0.4, -0.2) is 28.8 Å². The van der Waals surface area contributed by atoms with Gasteiger partial charge in [-0.1, -0.05) is 27.2 Å². The maximum atomic E-state index is 12.5. The minimum atomic E-state index is 0.0998. The van der Waals surface area contributed by atoms with Gasteiger partial charge in [-0.2, -0.15) is 0 Å². The zero-order chi connectivity index (χ0) is 15.0. The molecule has 0 unspecified atom stereocenters. The molecule has 1 heterocycles. The van der Waals surface area contributed by atoms with Crippen molar-refractivity contribution in [3.63, 3.8) is 0 Å². The number of nitrogens with zero attached hydrogens (tertiary/aromatic N) is 1. The highest BCUT2D eigenvalue weighted by Crippen LogP contribution is 2.88. The molecule has 1 aliphatic heterocycles. The summed E-state index contributed by atoms with van der Waals surface area (Å²) in [5, 5.41) is 0. The highest BCUT2D eigenvalue weighted by molar-refractivity contribution is 5.84. The number of rotatable bonds is 2. The van der Waals surface area contributed by atoms with Crippen LogP contribution in [0.25, 0.3) is 0 Å². The summed E-state index contributed by atoms with van der Waals surface area (Å²) < 4.78 is 0. The van der Waals surface area contributed by atoms with Gasteiger partial charge in [0.1, 0.15) is 5.78 Å². The molecule has 3 fully saturated rings. The molecule has 3 aliphatic rings. The van der Waals surface area contributed by atoms with E-state index in [0.29, 0.717) is 28.4 Å². The maximum absolute atomic E-state index is 12.5. The van der Waals surface area contributed by atoms with Crippen LogP contribution < -0.4 is 0 Å². The van der Waals surface area contributed by atoms with Gasteiger partial charge < -0.3 is 0 Å². The van der Waals surface area contributed by atoms with Crippen molar-refractivity contribution in [1.29, 1.82) is 0 Å². The van der Waals surface area contributed by atoms with E-state index in [4.69, 9.17) is 0 Å². The first-order valence-electron chi connectivity index (χ1n) is 8.42. The van der Waals surface area contributed by atoms with E-state index in [-0.39, 0.29) is 11.6 Å². The zero-order valence-corrected chi connectivity index (χ0v) is 14.2. The SMILES string of the molecule is CCC(=O)[C@@H]1C[C@]2(CN1C(C)(C)C)C(C)(C)C21CCC1. The summed E-state index contributed by atoms with van der Waals surface area (Å²) in [7, 11) is 0. The van der Waals surface area contributed by atoms with Crippen molar-refractivity contribution in [3.8, 4) is 0 Å². The first kappa shape index (κ1) is 14.6. The fraction of sp³-hybridized carbons (Fsp3) is 0.944. The quantitative estimate of drug-likeness (QED) is 0.759. The first-order valence-corrected chi connectivity index (χ1v) is 8.42. The topological polar surface area (TPSA) is 20.3 Å². The Kier molecular flexibility index (Phi) is 2.83. The molecule has 2 atom stereocenters. The lowest BCUT2D eigenvalue weighted by Gasteiger charge is -2.37. The smallest absolute Gasteiger partial charge is 0.149 e. The third-order valence-corrected chi connectivity index (χ3v) is 7.39. The molecule has 2 saturated carbocycles. The van der Waals surface area contributed by atoms with Gasteiger partial charge >= 0.3 is 0 Å². The van der Waals surface area contributed by atoms with E-state index in [1.807, 2.05) is 6.92 Å². The van der Waals surface area contributed by atoms with E-state index in [1.165, 1.54) is 19.3 Å². The second-order valence-corrected chi connectivity index (χ2v) is 8.98. The van der Waals surface area contributed by atoms with Gasteiger partial charge in [0.25, 0.3) is 0 Å². The predicted octanol–water partition coefficient (Wildman–Crippen LogP) is 4.03. The number of fused-ring (bicyclic) bond motifs is 1. The molecule has 0 N–H and O–H groups in total. The minimum absolute atomic E-state index is 0.0998. The predicted molar refractivity (Wildman–Crippen MR) is 82.7 cm³/mol. The van der Waals surface area contributed by atoms with Gasteiger partial charge in [0.15, 0.2) is 0 Å². The fourth-order valence-corrected chi connectivity index (χ4v) is 5.83. The summed E-state index contributed by atoms with van der Waals surface area (Å²) in [6, 6.07) is 0.166. The van der Waals surface area contributed by atoms with Gasteiger partial charge in [0.05, 0.1) is 6.04 Å². The van der Waals surface area contributed by atoms with E-state index in [0.717, 1.165) is 13.0 Å². The fourth-order valence-electron chi connectivity index (χ4n) is 5.83. The van der Waals surface area contributed by atoms with E-state index in [1.54, 1.807) is 0 Å². The average Bonchev–Trinajstić information content (AvgIpc) is 2.58. The standard InChI is InChI=1S/C18H31NO/c1-7-14(20)13-11-18(12-19(13)15(2,3)4)16(5,6)17(18)9-8-10-17/h13H,7-12H2,1-6H3/t13-,18-/m0/s1. The summed E-state index contributed by atoms with van der Waals surface area (Å²) in [6.07, 6.45) is 5.98. The van der Waals surface area contributed by atoms with Crippen LogP contribution in [0, 0.1) is 16.2 Å². The molecule has 1 saturated heterocycles. The number of ketones is 1. The summed E-state index contributed by atoms with van der Waals surface area (Å²) in [4.78, 5) is 15.0. The molecule has 2 spiro atoms. The lowest BCUT2D eigenvalue weighted by Crippen LogP contribution is -2.48. The normalized spacial score (nSPS) is 38.2. The summed E-state index contributed by atoms with van der Waals surface area (Å²) >= 11 is 0. The van der Waals surface area contributed by atoms with Gasteiger partial charge in [-0.3, -0.25) is 9.69 Å². The van der Waals surface area contributed by atoms with E-state index in [9.17, 15) is 4.79 Å². The maximum Gasteiger partial charge on any atom is 0.149 e. The molecule has 2 nitrogen and oxygen atoms in total. The van der Waals surface area contributed by atoms with Gasteiger partial charge in [-0.25, -0.2) is 0 Å². The Hall–Kier alpha value is -0.370. The van der Waals surface area contributed by atoms with Crippen molar-refractivity contribution in [2.24, 2.45) is 16.2 Å². The third kappa shape index (κ3) is 1.42. The first-order chi connectivity index (χ1) is 9.13. The average molecular weight is 277 g/mol. The Balaban J connectivity index is 1.94. The largest absolute Gasteiger partial charge is 0.298 e. The second-order valence-electron chi connectivity index (χ2n) is 8.98. The van der Waals surface area contributed by atoms with Gasteiger partial charge in [-0.15, -0.1) is 0 Å². The molecule has 0 aromatic carbocycles. The lowest BCUT2D eigenvalue weighted by atomic mass is 9.73. The highest BCUT2D eigenvalue weighted by atomic mass is 16.1. The monoisotopic (exact) mass is 277 g/mol. The van der Waals surface area contributed by atoms with Crippen LogP contribution in [0.15, 0.2) is 0 Å². The van der Waals surface area contributed by atoms with Crippen LogP contribution in [0.4, 0.5) is 0 Å². The Morgan fingerprint density at radius 1 is 1.20 bits per heavy atom. The summed E-state index contributed by atoms with van der Waals surface area (Å²) in [5.74, 6) is 0.453. The summed E-state index contributed by atoms with van der Waals surface area (Å²) in [5.41, 5.74) is 1.51. The number of carbonyl (C=O) groups is 1. The van der Waals surface area contributed by atoms with Crippen molar-refractivity contribution in [2.75, 3.05) is 6.54 Å². The zero-order valence-electron chi connectivity index (χ0n) is 14.2. The molecule has 20 heavy (non-hydrogen) atoms. The van der Waals surface area contributed by atoms with Gasteiger partial charge in [0.2, 0.25) is 0 Å². The molecule has 0 aromatic rings. The highest BCUT2D eigenvalue weighted by Gasteiger charge is 2.84. The van der Waals surface area contributed by atoms with E-state index >= 15 is 0 Å². The van der Waals surface area contributed by atoms with Crippen LogP contribution in [-0.2, 0) is 4.79 Å². The third-order valence-electron chi connectivity index (χ3n) is 7.39. The molecule has 0 bridgehead atoms. The lowest BCUT2D eigenvalue weighted by molar-refractivity contribution is -0.124. The Morgan fingerprint density at radius 3 is 2.15 bits per heavy atom. The number of hydrogen-bond donors (Lipinski definition) is 0. The Labute approximate surface area is 124 Å². The minimum Gasteiger partial charge on any atom is -0.298 e. The molecular formula is C18H31NO. The van der Waals surface area contributed by atoms with Gasteiger partial charge in [-0.05, 0) is 56.3 Å². The molecule has 2 heteroatoms. The molecule has 0 aromatic heterocycles. The summed E-state index contributed by atoms with van der Waals surface area (Å²) in [6.45, 7) is 14.9. The molecule has 0 radical (unpaired) electrons. The molecular weight excluding hydrogens is 246 g/mol.